The Labute approximate surface area is 183 Å². The zero-order chi connectivity index (χ0) is 20.8. The number of aliphatic hydroxyl groups is 2. The summed E-state index contributed by atoms with van der Waals surface area (Å²) in [5.41, 5.74) is 3.56. The third-order valence-electron chi connectivity index (χ3n) is 11.4. The summed E-state index contributed by atoms with van der Waals surface area (Å²) in [6, 6.07) is 0.759. The molecule has 6 aliphatic rings. The molecule has 0 spiro atoms. The first-order chi connectivity index (χ1) is 14.4. The van der Waals surface area contributed by atoms with Crippen molar-refractivity contribution in [3.05, 3.63) is 11.1 Å². The van der Waals surface area contributed by atoms with Gasteiger partial charge in [-0.25, -0.2) is 0 Å². The van der Waals surface area contributed by atoms with Crippen molar-refractivity contribution in [1.29, 1.82) is 0 Å². The highest BCUT2D eigenvalue weighted by Gasteiger charge is 2.58. The molecule has 3 nitrogen and oxygen atoms in total. The van der Waals surface area contributed by atoms with Crippen molar-refractivity contribution in [2.45, 2.75) is 96.8 Å². The second-order valence-electron chi connectivity index (χ2n) is 12.7. The number of fused-ring (bicyclic) bond motifs is 7. The van der Waals surface area contributed by atoms with E-state index in [4.69, 9.17) is 0 Å². The van der Waals surface area contributed by atoms with Crippen LogP contribution in [0.2, 0.25) is 0 Å². The van der Waals surface area contributed by atoms with Gasteiger partial charge in [-0.15, -0.1) is 0 Å². The maximum atomic E-state index is 11.4. The van der Waals surface area contributed by atoms with Gasteiger partial charge in [-0.1, -0.05) is 26.3 Å². The van der Waals surface area contributed by atoms with Crippen molar-refractivity contribution in [1.82, 2.24) is 4.90 Å². The normalized spacial score (nSPS) is 55.9. The van der Waals surface area contributed by atoms with E-state index in [2.05, 4.69) is 25.7 Å². The van der Waals surface area contributed by atoms with Crippen LogP contribution in [-0.4, -0.2) is 46.5 Å². The lowest BCUT2D eigenvalue weighted by atomic mass is 9.54. The minimum Gasteiger partial charge on any atom is -0.393 e. The summed E-state index contributed by atoms with van der Waals surface area (Å²) in [7, 11) is 0. The van der Waals surface area contributed by atoms with Gasteiger partial charge in [0.25, 0.3) is 0 Å². The number of aliphatic hydroxyl groups excluding tert-OH is 2. The Hall–Kier alpha value is -0.380. The number of hydrogen-bond donors (Lipinski definition) is 2. The van der Waals surface area contributed by atoms with Gasteiger partial charge in [-0.3, -0.25) is 4.90 Å². The summed E-state index contributed by atoms with van der Waals surface area (Å²) in [5, 5.41) is 21.7. The van der Waals surface area contributed by atoms with Crippen LogP contribution in [-0.2, 0) is 0 Å². The lowest BCUT2D eigenvalue weighted by Crippen LogP contribution is -2.59. The fraction of sp³-hybridized carbons (Fsp3) is 0.926. The summed E-state index contributed by atoms with van der Waals surface area (Å²) in [5.74, 6) is 5.02. The Morgan fingerprint density at radius 2 is 1.77 bits per heavy atom. The lowest BCUT2D eigenvalue weighted by Gasteiger charge is -2.56. The summed E-state index contributed by atoms with van der Waals surface area (Å²) >= 11 is 0. The molecule has 5 fully saturated rings. The van der Waals surface area contributed by atoms with Gasteiger partial charge in [-0.05, 0) is 110 Å². The second kappa shape index (κ2) is 7.06. The maximum absolute atomic E-state index is 11.4. The number of nitrogens with zero attached hydrogens (tertiary/aromatic N) is 1. The molecule has 2 aliphatic heterocycles. The first kappa shape index (κ1) is 20.2. The fourth-order valence-electron chi connectivity index (χ4n) is 9.80. The van der Waals surface area contributed by atoms with Crippen LogP contribution in [0.4, 0.5) is 0 Å². The molecular weight excluding hydrogens is 370 g/mol. The van der Waals surface area contributed by atoms with Crippen LogP contribution in [0.1, 0.15) is 78.6 Å². The molecule has 0 amide bonds. The molecule has 11 atom stereocenters. The van der Waals surface area contributed by atoms with Crippen molar-refractivity contribution in [3.8, 4) is 0 Å². The van der Waals surface area contributed by atoms with E-state index in [1.807, 2.05) is 0 Å². The Kier molecular flexibility index (Phi) is 4.76. The van der Waals surface area contributed by atoms with E-state index in [1.165, 1.54) is 57.2 Å². The Morgan fingerprint density at radius 1 is 0.933 bits per heavy atom. The molecule has 6 rings (SSSR count). The number of allylic oxidation sites excluding steroid dienone is 1. The minimum absolute atomic E-state index is 0.0758. The monoisotopic (exact) mass is 413 g/mol. The molecule has 3 heteroatoms. The van der Waals surface area contributed by atoms with E-state index in [0.717, 1.165) is 43.1 Å². The average molecular weight is 414 g/mol. The number of piperidine rings is 2. The van der Waals surface area contributed by atoms with Gasteiger partial charge in [0.15, 0.2) is 0 Å². The summed E-state index contributed by atoms with van der Waals surface area (Å²) in [6.45, 7) is 10.1. The molecule has 1 unspecified atom stereocenters. The highest BCUT2D eigenvalue weighted by Crippen LogP contribution is 2.64. The molecule has 0 bridgehead atoms. The molecule has 2 heterocycles. The molecule has 0 radical (unpaired) electrons. The Morgan fingerprint density at radius 3 is 2.60 bits per heavy atom. The lowest BCUT2D eigenvalue weighted by molar-refractivity contribution is -0.0706. The molecule has 168 valence electrons. The molecular formula is C27H43NO2. The van der Waals surface area contributed by atoms with Crippen LogP contribution in [0.5, 0.6) is 0 Å². The van der Waals surface area contributed by atoms with E-state index < -0.39 is 0 Å². The van der Waals surface area contributed by atoms with E-state index in [1.54, 1.807) is 5.57 Å². The molecule has 0 aromatic rings. The van der Waals surface area contributed by atoms with Crippen LogP contribution in [0.3, 0.4) is 0 Å². The van der Waals surface area contributed by atoms with Gasteiger partial charge < -0.3 is 10.2 Å². The van der Waals surface area contributed by atoms with Crippen molar-refractivity contribution < 1.29 is 10.2 Å². The van der Waals surface area contributed by atoms with Gasteiger partial charge in [0.05, 0.1) is 12.2 Å². The Bertz CT molecular complexity index is 732. The van der Waals surface area contributed by atoms with E-state index in [-0.39, 0.29) is 12.2 Å². The number of rotatable bonds is 0. The highest BCUT2D eigenvalue weighted by atomic mass is 16.3. The summed E-state index contributed by atoms with van der Waals surface area (Å²) < 4.78 is 0. The van der Waals surface area contributed by atoms with E-state index in [9.17, 15) is 10.2 Å². The van der Waals surface area contributed by atoms with Gasteiger partial charge in [-0.2, -0.15) is 0 Å². The molecule has 4 aliphatic carbocycles. The smallest absolute Gasteiger partial charge is 0.0758 e. The van der Waals surface area contributed by atoms with Crippen LogP contribution in [0.15, 0.2) is 11.1 Å². The zero-order valence-corrected chi connectivity index (χ0v) is 19.4. The molecule has 0 aromatic heterocycles. The predicted molar refractivity (Wildman–Crippen MR) is 120 cm³/mol. The topological polar surface area (TPSA) is 43.7 Å². The van der Waals surface area contributed by atoms with Crippen LogP contribution in [0.25, 0.3) is 0 Å². The molecule has 2 N–H and O–H groups in total. The van der Waals surface area contributed by atoms with Gasteiger partial charge in [0.2, 0.25) is 0 Å². The average Bonchev–Trinajstić information content (AvgIpc) is 3.12. The molecule has 0 aromatic carbocycles. The predicted octanol–water partition coefficient (Wildman–Crippen LogP) is 4.63. The largest absolute Gasteiger partial charge is 0.393 e. The van der Waals surface area contributed by atoms with Gasteiger partial charge in [0.1, 0.15) is 0 Å². The maximum Gasteiger partial charge on any atom is 0.0758 e. The summed E-state index contributed by atoms with van der Waals surface area (Å²) in [4.78, 5) is 2.86. The first-order valence-electron chi connectivity index (χ1n) is 13.2. The SMILES string of the molecule is CC1[C@H]2C[C@@H](O)C3=C4CC[C@H]5C[C@@H](O)CC[C@]5(C)[C@H]4C[C@H]3[C@@H]2CN2C[C@H](C)CC[C@@H]12. The third kappa shape index (κ3) is 2.80. The second-order valence-corrected chi connectivity index (χ2v) is 12.7. The summed E-state index contributed by atoms with van der Waals surface area (Å²) in [6.07, 6.45) is 10.4. The van der Waals surface area contributed by atoms with Crippen molar-refractivity contribution >= 4 is 0 Å². The first-order valence-corrected chi connectivity index (χ1v) is 13.2. The fourth-order valence-corrected chi connectivity index (χ4v) is 9.80. The van der Waals surface area contributed by atoms with Crippen molar-refractivity contribution in [2.75, 3.05) is 13.1 Å². The molecule has 3 saturated carbocycles. The minimum atomic E-state index is -0.179. The van der Waals surface area contributed by atoms with Crippen LogP contribution >= 0.6 is 0 Å². The number of hydrogen-bond acceptors (Lipinski definition) is 3. The molecule has 2 saturated heterocycles. The highest BCUT2D eigenvalue weighted by molar-refractivity contribution is 5.36. The van der Waals surface area contributed by atoms with Gasteiger partial charge in [0, 0.05) is 19.1 Å². The van der Waals surface area contributed by atoms with Crippen LogP contribution < -0.4 is 0 Å². The molecule has 30 heavy (non-hydrogen) atoms. The quantitative estimate of drug-likeness (QED) is 0.569. The van der Waals surface area contributed by atoms with E-state index >= 15 is 0 Å². The third-order valence-corrected chi connectivity index (χ3v) is 11.4. The van der Waals surface area contributed by atoms with Crippen molar-refractivity contribution in [2.24, 2.45) is 46.8 Å². The van der Waals surface area contributed by atoms with Crippen molar-refractivity contribution in [3.63, 3.8) is 0 Å². The van der Waals surface area contributed by atoms with Gasteiger partial charge >= 0.3 is 0 Å². The van der Waals surface area contributed by atoms with Crippen LogP contribution in [0, 0.1) is 46.8 Å². The van der Waals surface area contributed by atoms with E-state index in [0.29, 0.717) is 29.1 Å². The standard InChI is InChI=1S/C27H43NO2/c1-15-4-7-24-16(2)20-12-25(30)26-19-6-5-17-10-18(29)8-9-27(17,3)23(19)11-21(26)22(20)14-28(24)13-15/h15-18,20-25,29-30H,4-14H2,1-3H3/t15-,16?,17+,18+,20-,21+,22-,23+,24+,25-,27+/m1/s1. The zero-order valence-electron chi connectivity index (χ0n) is 19.4. The Balaban J connectivity index is 1.32.